The molecule has 1 rings (SSSR count). The zero-order valence-electron chi connectivity index (χ0n) is 10.9. The molecule has 4 nitrogen and oxygen atoms in total. The lowest BCUT2D eigenvalue weighted by atomic mass is 10.3. The molecule has 1 N–H and O–H groups in total. The van der Waals surface area contributed by atoms with Gasteiger partial charge in [0, 0.05) is 19.3 Å². The fraction of sp³-hybridized carbons (Fsp3) is 0.500. The molecule has 108 valence electrons. The molecule has 0 saturated heterocycles. The Balaban J connectivity index is 2.77. The number of nitrogens with zero attached hydrogens (tertiary/aromatic N) is 1. The highest BCUT2D eigenvalue weighted by Crippen LogP contribution is 2.21. The molecular weight excluding hydrogens is 274 g/mol. The Morgan fingerprint density at radius 1 is 1.26 bits per heavy atom. The first-order valence-electron chi connectivity index (χ1n) is 5.87. The standard InChI is InChI=1S/C12H18F2N2O2S/c1-15-8-3-9-16(2)10-4-6-11(7-5-10)19(17,18)12(13)14/h4-7,12,15H,3,8-9H2,1-2H3. The minimum atomic E-state index is -4.50. The van der Waals surface area contributed by atoms with Gasteiger partial charge in [0.25, 0.3) is 0 Å². The van der Waals surface area contributed by atoms with Crippen LogP contribution in [0.25, 0.3) is 0 Å². The number of anilines is 1. The smallest absolute Gasteiger partial charge is 0.341 e. The third-order valence-corrected chi connectivity index (χ3v) is 4.16. The molecule has 0 fully saturated rings. The van der Waals surface area contributed by atoms with Crippen molar-refractivity contribution in [3.05, 3.63) is 24.3 Å². The molecule has 0 amide bonds. The Morgan fingerprint density at radius 3 is 2.32 bits per heavy atom. The first kappa shape index (κ1) is 15.8. The summed E-state index contributed by atoms with van der Waals surface area (Å²) < 4.78 is 47.2. The van der Waals surface area contributed by atoms with Crippen molar-refractivity contribution in [1.29, 1.82) is 0 Å². The summed E-state index contributed by atoms with van der Waals surface area (Å²) in [6, 6.07) is 5.50. The maximum absolute atomic E-state index is 12.4. The first-order chi connectivity index (χ1) is 8.89. The SMILES string of the molecule is CNCCCN(C)c1ccc(S(=O)(=O)C(F)F)cc1. The summed E-state index contributed by atoms with van der Waals surface area (Å²) in [6.07, 6.45) is 0.935. The second-order valence-corrected chi connectivity index (χ2v) is 6.10. The monoisotopic (exact) mass is 292 g/mol. The van der Waals surface area contributed by atoms with E-state index in [0.717, 1.165) is 25.2 Å². The molecule has 0 aliphatic carbocycles. The fourth-order valence-electron chi connectivity index (χ4n) is 1.62. The van der Waals surface area contributed by atoms with E-state index in [2.05, 4.69) is 5.32 Å². The van der Waals surface area contributed by atoms with Crippen molar-refractivity contribution in [1.82, 2.24) is 5.32 Å². The number of hydrogen-bond donors (Lipinski definition) is 1. The lowest BCUT2D eigenvalue weighted by Gasteiger charge is -2.19. The molecule has 0 heterocycles. The summed E-state index contributed by atoms with van der Waals surface area (Å²) in [4.78, 5) is 1.59. The lowest BCUT2D eigenvalue weighted by Crippen LogP contribution is -2.22. The van der Waals surface area contributed by atoms with E-state index >= 15 is 0 Å². The van der Waals surface area contributed by atoms with Gasteiger partial charge in [0.1, 0.15) is 0 Å². The Morgan fingerprint density at radius 2 is 1.84 bits per heavy atom. The Bertz CT molecular complexity index is 489. The number of benzene rings is 1. The zero-order chi connectivity index (χ0) is 14.5. The summed E-state index contributed by atoms with van der Waals surface area (Å²) in [5.74, 6) is -3.38. The van der Waals surface area contributed by atoms with Gasteiger partial charge in [-0.25, -0.2) is 8.42 Å². The van der Waals surface area contributed by atoms with Crippen molar-refractivity contribution >= 4 is 15.5 Å². The summed E-state index contributed by atoms with van der Waals surface area (Å²) in [6.45, 7) is 1.67. The van der Waals surface area contributed by atoms with E-state index in [4.69, 9.17) is 0 Å². The molecule has 0 radical (unpaired) electrons. The molecule has 0 atom stereocenters. The van der Waals surface area contributed by atoms with Crippen LogP contribution in [0.15, 0.2) is 29.2 Å². The maximum atomic E-state index is 12.4. The van der Waals surface area contributed by atoms with Crippen molar-refractivity contribution in [3.63, 3.8) is 0 Å². The van der Waals surface area contributed by atoms with Gasteiger partial charge >= 0.3 is 5.76 Å². The van der Waals surface area contributed by atoms with Crippen LogP contribution < -0.4 is 10.2 Å². The zero-order valence-corrected chi connectivity index (χ0v) is 11.8. The van der Waals surface area contributed by atoms with Crippen LogP contribution in [0.1, 0.15) is 6.42 Å². The van der Waals surface area contributed by atoms with Crippen molar-refractivity contribution in [2.24, 2.45) is 0 Å². The van der Waals surface area contributed by atoms with Crippen molar-refractivity contribution in [3.8, 4) is 0 Å². The van der Waals surface area contributed by atoms with Crippen LogP contribution in [0.2, 0.25) is 0 Å². The van der Waals surface area contributed by atoms with E-state index in [-0.39, 0.29) is 4.90 Å². The van der Waals surface area contributed by atoms with Gasteiger partial charge in [0.2, 0.25) is 9.84 Å². The fourth-order valence-corrected chi connectivity index (χ4v) is 2.34. The highest BCUT2D eigenvalue weighted by molar-refractivity contribution is 7.91. The number of nitrogens with one attached hydrogen (secondary N) is 1. The molecule has 0 aliphatic rings. The molecular formula is C12H18F2N2O2S. The summed E-state index contributed by atoms with van der Waals surface area (Å²) in [5.41, 5.74) is 0.796. The van der Waals surface area contributed by atoms with E-state index in [1.54, 1.807) is 0 Å². The van der Waals surface area contributed by atoms with Crippen LogP contribution in [0, 0.1) is 0 Å². The quantitative estimate of drug-likeness (QED) is 0.778. The molecule has 0 bridgehead atoms. The van der Waals surface area contributed by atoms with Crippen LogP contribution in [0.3, 0.4) is 0 Å². The van der Waals surface area contributed by atoms with Crippen molar-refractivity contribution in [2.45, 2.75) is 17.1 Å². The Hall–Kier alpha value is -1.21. The van der Waals surface area contributed by atoms with Gasteiger partial charge in [-0.1, -0.05) is 0 Å². The normalized spacial score (nSPS) is 11.8. The van der Waals surface area contributed by atoms with Crippen LogP contribution >= 0.6 is 0 Å². The number of alkyl halides is 2. The third-order valence-electron chi connectivity index (χ3n) is 2.76. The Kier molecular flexibility index (Phi) is 5.68. The van der Waals surface area contributed by atoms with Crippen LogP contribution in [0.5, 0.6) is 0 Å². The third kappa shape index (κ3) is 4.14. The van der Waals surface area contributed by atoms with Gasteiger partial charge in [0.15, 0.2) is 0 Å². The average molecular weight is 292 g/mol. The maximum Gasteiger partial charge on any atom is 0.341 e. The van der Waals surface area contributed by atoms with Crippen LogP contribution in [0.4, 0.5) is 14.5 Å². The van der Waals surface area contributed by atoms with E-state index < -0.39 is 15.6 Å². The number of sulfone groups is 1. The summed E-state index contributed by atoms with van der Waals surface area (Å²) >= 11 is 0. The molecule has 19 heavy (non-hydrogen) atoms. The first-order valence-corrected chi connectivity index (χ1v) is 7.42. The van der Waals surface area contributed by atoms with Gasteiger partial charge in [-0.2, -0.15) is 8.78 Å². The van der Waals surface area contributed by atoms with Crippen LogP contribution in [-0.4, -0.2) is 41.4 Å². The minimum Gasteiger partial charge on any atom is -0.375 e. The second kappa shape index (κ2) is 6.81. The van der Waals surface area contributed by atoms with E-state index in [1.165, 1.54) is 24.3 Å². The molecule has 0 spiro atoms. The number of hydrogen-bond acceptors (Lipinski definition) is 4. The molecule has 0 aliphatic heterocycles. The number of halogens is 2. The predicted octanol–water partition coefficient (Wildman–Crippen LogP) is 1.73. The summed E-state index contributed by atoms with van der Waals surface area (Å²) in [5, 5.41) is 3.03. The van der Waals surface area contributed by atoms with Crippen molar-refractivity contribution < 1.29 is 17.2 Å². The average Bonchev–Trinajstić information content (AvgIpc) is 2.39. The number of rotatable bonds is 7. The van der Waals surface area contributed by atoms with Gasteiger partial charge in [-0.15, -0.1) is 0 Å². The molecule has 1 aromatic rings. The second-order valence-electron chi connectivity index (χ2n) is 4.18. The van der Waals surface area contributed by atoms with Gasteiger partial charge in [-0.3, -0.25) is 0 Å². The minimum absolute atomic E-state index is 0.352. The molecule has 0 saturated carbocycles. The highest BCUT2D eigenvalue weighted by Gasteiger charge is 2.26. The lowest BCUT2D eigenvalue weighted by molar-refractivity contribution is 0.234. The van der Waals surface area contributed by atoms with Crippen molar-refractivity contribution in [2.75, 3.05) is 32.1 Å². The van der Waals surface area contributed by atoms with Crippen LogP contribution in [-0.2, 0) is 9.84 Å². The van der Waals surface area contributed by atoms with Gasteiger partial charge < -0.3 is 10.2 Å². The largest absolute Gasteiger partial charge is 0.375 e. The highest BCUT2D eigenvalue weighted by atomic mass is 32.2. The van der Waals surface area contributed by atoms with Gasteiger partial charge in [0.05, 0.1) is 4.90 Å². The molecule has 0 aromatic heterocycles. The predicted molar refractivity (Wildman–Crippen MR) is 71.4 cm³/mol. The van der Waals surface area contributed by atoms with E-state index in [9.17, 15) is 17.2 Å². The summed E-state index contributed by atoms with van der Waals surface area (Å²) in [7, 11) is -0.770. The molecule has 1 aromatic carbocycles. The molecule has 7 heteroatoms. The van der Waals surface area contributed by atoms with E-state index in [1.807, 2.05) is 19.0 Å². The Labute approximate surface area is 112 Å². The molecule has 0 unspecified atom stereocenters. The van der Waals surface area contributed by atoms with E-state index in [0.29, 0.717) is 0 Å². The topological polar surface area (TPSA) is 49.4 Å². The van der Waals surface area contributed by atoms with Gasteiger partial charge in [-0.05, 0) is 44.3 Å².